The van der Waals surface area contributed by atoms with E-state index in [0.29, 0.717) is 5.56 Å². The number of para-hydroxylation sites is 1. The molecule has 228 valence electrons. The SMILES string of the molecule is CC(OCc1cn([C@H]2C[C@H](O)[C@@H](COP(=O)(O)OP(=O)(O)OP(=O)(O)O)O2)c(=O)nc1N)c1ccccc1[N+](=O)[O-]. The number of phosphoric ester groups is 1. The molecule has 0 saturated carbocycles. The smallest absolute Gasteiger partial charge is 0.390 e. The molecule has 41 heavy (non-hydrogen) atoms. The second-order valence-electron chi connectivity index (χ2n) is 8.43. The van der Waals surface area contributed by atoms with Crippen molar-refractivity contribution in [1.82, 2.24) is 9.55 Å². The van der Waals surface area contributed by atoms with Gasteiger partial charge in [-0.2, -0.15) is 13.6 Å². The van der Waals surface area contributed by atoms with Gasteiger partial charge in [-0.25, -0.2) is 18.5 Å². The van der Waals surface area contributed by atoms with E-state index in [1.165, 1.54) is 24.4 Å². The van der Waals surface area contributed by atoms with Crippen molar-refractivity contribution < 1.29 is 65.9 Å². The predicted octanol–water partition coefficient (Wildman–Crippen LogP) is 1.00. The van der Waals surface area contributed by atoms with Crippen LogP contribution >= 0.6 is 23.5 Å². The number of nitrogen functional groups attached to an aromatic ring is 1. The highest BCUT2D eigenvalue weighted by atomic mass is 31.3. The van der Waals surface area contributed by atoms with Gasteiger partial charge in [-0.15, -0.1) is 0 Å². The molecule has 20 nitrogen and oxygen atoms in total. The van der Waals surface area contributed by atoms with Gasteiger partial charge in [0.15, 0.2) is 0 Å². The van der Waals surface area contributed by atoms with E-state index in [-0.39, 0.29) is 30.1 Å². The van der Waals surface area contributed by atoms with Crippen LogP contribution in [0.25, 0.3) is 0 Å². The van der Waals surface area contributed by atoms with Crippen LogP contribution in [0.5, 0.6) is 0 Å². The zero-order valence-electron chi connectivity index (χ0n) is 20.8. The highest BCUT2D eigenvalue weighted by Crippen LogP contribution is 2.66. The fourth-order valence-corrected chi connectivity index (χ4v) is 6.68. The van der Waals surface area contributed by atoms with E-state index in [0.717, 1.165) is 4.57 Å². The number of aliphatic hydroxyl groups is 1. The van der Waals surface area contributed by atoms with E-state index in [1.807, 2.05) is 0 Å². The standard InChI is InChI=1S/C18H25N4O16P3/c1-10(12-4-2-3-5-13(12)22(25)26)34-8-11-7-21(18(24)20-17(11)19)16-6-14(23)15(36-16)9-35-40(30,31)38-41(32,33)37-39(27,28)29/h2-5,7,10,14-16,23H,6,8-9H2,1H3,(H,30,31)(H,32,33)(H2,19,20,24)(H2,27,28,29)/t10?,14-,15+,16+/m0/s1. The molecule has 1 aromatic carbocycles. The minimum Gasteiger partial charge on any atom is -0.390 e. The number of ether oxygens (including phenoxy) is 2. The summed E-state index contributed by atoms with van der Waals surface area (Å²) >= 11 is 0. The fraction of sp³-hybridized carbons (Fsp3) is 0.444. The number of phosphoric acid groups is 3. The Balaban J connectivity index is 1.67. The first-order valence-corrected chi connectivity index (χ1v) is 15.7. The summed E-state index contributed by atoms with van der Waals surface area (Å²) in [6, 6.07) is 5.93. The van der Waals surface area contributed by atoms with Crippen molar-refractivity contribution in [2.24, 2.45) is 0 Å². The van der Waals surface area contributed by atoms with Gasteiger partial charge in [0, 0.05) is 24.2 Å². The van der Waals surface area contributed by atoms with Gasteiger partial charge >= 0.3 is 29.2 Å². The zero-order valence-corrected chi connectivity index (χ0v) is 23.5. The number of rotatable bonds is 13. The molecule has 6 atom stereocenters. The van der Waals surface area contributed by atoms with Crippen LogP contribution in [0, 0.1) is 10.1 Å². The normalized spacial score (nSPS) is 23.0. The number of hydrogen-bond donors (Lipinski definition) is 6. The van der Waals surface area contributed by atoms with Crippen molar-refractivity contribution in [2.45, 2.75) is 44.5 Å². The Kier molecular flexibility index (Phi) is 10.4. The lowest BCUT2D eigenvalue weighted by atomic mass is 10.1. The topological polar surface area (TPSA) is 303 Å². The number of anilines is 1. The number of nitro groups is 1. The lowest BCUT2D eigenvalue weighted by Gasteiger charge is -2.20. The molecule has 2 aromatic rings. The molecule has 0 spiro atoms. The monoisotopic (exact) mass is 646 g/mol. The molecule has 2 heterocycles. The van der Waals surface area contributed by atoms with Crippen molar-refractivity contribution in [3.8, 4) is 0 Å². The Morgan fingerprint density at radius 1 is 1.20 bits per heavy atom. The van der Waals surface area contributed by atoms with Crippen molar-refractivity contribution in [2.75, 3.05) is 12.3 Å². The number of nitrogens with two attached hydrogens (primary N) is 1. The van der Waals surface area contributed by atoms with Gasteiger partial charge in [0.25, 0.3) is 5.69 Å². The van der Waals surface area contributed by atoms with Gasteiger partial charge in [-0.3, -0.25) is 19.2 Å². The van der Waals surface area contributed by atoms with Gasteiger partial charge < -0.3 is 39.9 Å². The number of benzene rings is 1. The first kappa shape index (κ1) is 33.1. The molecule has 1 fully saturated rings. The molecule has 1 aliphatic heterocycles. The predicted molar refractivity (Wildman–Crippen MR) is 134 cm³/mol. The summed E-state index contributed by atoms with van der Waals surface area (Å²) in [6.45, 7) is 0.388. The van der Waals surface area contributed by atoms with E-state index in [2.05, 4.69) is 18.1 Å². The van der Waals surface area contributed by atoms with Crippen LogP contribution in [-0.4, -0.2) is 58.0 Å². The molecule has 0 amide bonds. The van der Waals surface area contributed by atoms with Crippen LogP contribution in [-0.2, 0) is 42.9 Å². The number of aliphatic hydroxyl groups excluding tert-OH is 1. The zero-order chi connectivity index (χ0) is 30.8. The Labute approximate surface area is 229 Å². The quantitative estimate of drug-likeness (QED) is 0.100. The first-order chi connectivity index (χ1) is 18.9. The van der Waals surface area contributed by atoms with E-state index < -0.39 is 65.2 Å². The molecular formula is C18H25N4O16P3. The van der Waals surface area contributed by atoms with Crippen LogP contribution < -0.4 is 11.4 Å². The van der Waals surface area contributed by atoms with Crippen LogP contribution in [0.2, 0.25) is 0 Å². The maximum absolute atomic E-state index is 12.5. The van der Waals surface area contributed by atoms with Gasteiger partial charge in [-0.1, -0.05) is 12.1 Å². The van der Waals surface area contributed by atoms with E-state index >= 15 is 0 Å². The fourth-order valence-electron chi connectivity index (χ4n) is 3.65. The van der Waals surface area contributed by atoms with Crippen LogP contribution in [0.3, 0.4) is 0 Å². The molecule has 0 aliphatic carbocycles. The van der Waals surface area contributed by atoms with Crippen LogP contribution in [0.15, 0.2) is 35.3 Å². The van der Waals surface area contributed by atoms with Gasteiger partial charge in [0.2, 0.25) is 0 Å². The molecule has 7 N–H and O–H groups in total. The molecule has 1 saturated heterocycles. The Morgan fingerprint density at radius 2 is 1.85 bits per heavy atom. The summed E-state index contributed by atoms with van der Waals surface area (Å²) in [5, 5.41) is 21.6. The average molecular weight is 646 g/mol. The molecule has 0 bridgehead atoms. The molecule has 3 rings (SSSR count). The van der Waals surface area contributed by atoms with E-state index in [9.17, 15) is 43.5 Å². The molecular weight excluding hydrogens is 621 g/mol. The van der Waals surface area contributed by atoms with Crippen molar-refractivity contribution in [3.05, 3.63) is 62.2 Å². The van der Waals surface area contributed by atoms with E-state index in [1.54, 1.807) is 13.0 Å². The van der Waals surface area contributed by atoms with Crippen molar-refractivity contribution in [1.29, 1.82) is 0 Å². The van der Waals surface area contributed by atoms with Gasteiger partial charge in [0.1, 0.15) is 18.1 Å². The van der Waals surface area contributed by atoms with Crippen molar-refractivity contribution >= 4 is 35.0 Å². The average Bonchev–Trinajstić information content (AvgIpc) is 3.19. The number of nitrogens with zero attached hydrogens (tertiary/aromatic N) is 3. The number of aromatic nitrogens is 2. The number of nitro benzene ring substituents is 1. The second kappa shape index (κ2) is 12.8. The molecule has 1 aliphatic rings. The molecule has 1 aromatic heterocycles. The highest BCUT2D eigenvalue weighted by molar-refractivity contribution is 7.66. The van der Waals surface area contributed by atoms with E-state index in [4.69, 9.17) is 25.0 Å². The van der Waals surface area contributed by atoms with Gasteiger partial charge in [-0.05, 0) is 13.0 Å². The minimum absolute atomic E-state index is 0.161. The lowest BCUT2D eigenvalue weighted by molar-refractivity contribution is -0.386. The Hall–Kier alpha value is -2.41. The van der Waals surface area contributed by atoms with Gasteiger partial charge in [0.05, 0.1) is 35.9 Å². The summed E-state index contributed by atoms with van der Waals surface area (Å²) in [7, 11) is -16.8. The second-order valence-corrected chi connectivity index (χ2v) is 12.8. The van der Waals surface area contributed by atoms with Crippen molar-refractivity contribution in [3.63, 3.8) is 0 Å². The maximum atomic E-state index is 12.5. The number of hydrogen-bond acceptors (Lipinski definition) is 14. The molecule has 23 heteroatoms. The largest absolute Gasteiger partial charge is 0.490 e. The maximum Gasteiger partial charge on any atom is 0.490 e. The molecule has 3 unspecified atom stereocenters. The molecule has 0 radical (unpaired) electrons. The third-order valence-corrected chi connectivity index (χ3v) is 9.26. The third-order valence-electron chi connectivity index (χ3n) is 5.45. The lowest BCUT2D eigenvalue weighted by Crippen LogP contribution is -2.29. The summed E-state index contributed by atoms with van der Waals surface area (Å²) in [6.07, 6.45) is -3.81. The Morgan fingerprint density at radius 3 is 2.49 bits per heavy atom. The summed E-state index contributed by atoms with van der Waals surface area (Å²) < 4.78 is 57.9. The summed E-state index contributed by atoms with van der Waals surface area (Å²) in [5.41, 5.74) is 5.25. The van der Waals surface area contributed by atoms with Crippen LogP contribution in [0.1, 0.15) is 36.8 Å². The van der Waals surface area contributed by atoms with Crippen LogP contribution in [0.4, 0.5) is 11.5 Å². The highest BCUT2D eigenvalue weighted by Gasteiger charge is 2.43. The first-order valence-electron chi connectivity index (χ1n) is 11.2. The summed E-state index contributed by atoms with van der Waals surface area (Å²) in [5.74, 6) is -0.205. The summed E-state index contributed by atoms with van der Waals surface area (Å²) in [4.78, 5) is 62.8. The Bertz CT molecular complexity index is 1480. The third kappa shape index (κ3) is 9.29. The minimum atomic E-state index is -5.75.